The zero-order valence-corrected chi connectivity index (χ0v) is 16.2. The second kappa shape index (κ2) is 8.13. The van der Waals surface area contributed by atoms with Gasteiger partial charge in [-0.2, -0.15) is 0 Å². The Labute approximate surface area is 172 Å². The number of fused-ring (bicyclic) bond motifs is 1. The molecule has 1 aliphatic rings. The van der Waals surface area contributed by atoms with Gasteiger partial charge in [-0.25, -0.2) is 4.98 Å². The number of imidazole rings is 1. The number of H-pyrrole nitrogens is 1. The highest BCUT2D eigenvalue weighted by molar-refractivity contribution is 5.97. The Kier molecular flexibility index (Phi) is 5.54. The first kappa shape index (κ1) is 20.5. The molecule has 0 radical (unpaired) electrons. The number of aromatic amines is 1. The first-order valence-electron chi connectivity index (χ1n) is 9.55. The maximum absolute atomic E-state index is 11.8. The lowest BCUT2D eigenvalue weighted by atomic mass is 9.90. The number of amides is 1. The Bertz CT molecular complexity index is 1070. The SMILES string of the molecule is CNC(=O)c1ccc2nc(-c3cccc([C@H]4O[C@H](CO)[C@@H](O)[C@H](O)[C@H]4O)c3)[nH]c2c1. The van der Waals surface area contributed by atoms with Crippen molar-refractivity contribution >= 4 is 16.9 Å². The third-order valence-electron chi connectivity index (χ3n) is 5.35. The standard InChI is InChI=1S/C21H23N3O6/c1-22-21(29)12-5-6-13-14(8-12)24-20(23-13)11-4-2-3-10(7-11)19-18(28)17(27)16(26)15(9-25)30-19/h2-8,15-19,25-28H,9H2,1H3,(H,22,29)(H,23,24)/t15-,16-,17+,18-,19-/m1/s1. The number of aliphatic hydroxyl groups is 4. The number of nitrogens with zero attached hydrogens (tertiary/aromatic N) is 1. The Morgan fingerprint density at radius 1 is 1.13 bits per heavy atom. The predicted molar refractivity (Wildman–Crippen MR) is 108 cm³/mol. The van der Waals surface area contributed by atoms with E-state index in [1.807, 2.05) is 6.07 Å². The summed E-state index contributed by atoms with van der Waals surface area (Å²) >= 11 is 0. The minimum absolute atomic E-state index is 0.197. The molecule has 2 aromatic carbocycles. The molecule has 1 saturated heterocycles. The molecular weight excluding hydrogens is 390 g/mol. The molecule has 0 spiro atoms. The van der Waals surface area contributed by atoms with Crippen LogP contribution in [0.3, 0.4) is 0 Å². The van der Waals surface area contributed by atoms with Crippen molar-refractivity contribution in [3.63, 3.8) is 0 Å². The second-order valence-electron chi connectivity index (χ2n) is 7.27. The maximum Gasteiger partial charge on any atom is 0.251 e. The van der Waals surface area contributed by atoms with Crippen molar-refractivity contribution in [2.45, 2.75) is 30.5 Å². The Balaban J connectivity index is 1.67. The van der Waals surface area contributed by atoms with Gasteiger partial charge in [0, 0.05) is 18.2 Å². The lowest BCUT2D eigenvalue weighted by molar-refractivity contribution is -0.231. The third-order valence-corrected chi connectivity index (χ3v) is 5.35. The molecule has 1 fully saturated rings. The number of hydrogen-bond acceptors (Lipinski definition) is 7. The zero-order chi connectivity index (χ0) is 21.4. The smallest absolute Gasteiger partial charge is 0.251 e. The lowest BCUT2D eigenvalue weighted by Crippen LogP contribution is -2.55. The van der Waals surface area contributed by atoms with E-state index < -0.39 is 37.1 Å². The van der Waals surface area contributed by atoms with Gasteiger partial charge in [0.1, 0.15) is 36.3 Å². The fourth-order valence-corrected chi connectivity index (χ4v) is 3.67. The van der Waals surface area contributed by atoms with Crippen LogP contribution in [0.2, 0.25) is 0 Å². The van der Waals surface area contributed by atoms with E-state index >= 15 is 0 Å². The van der Waals surface area contributed by atoms with Crippen molar-refractivity contribution in [1.82, 2.24) is 15.3 Å². The van der Waals surface area contributed by atoms with Gasteiger partial charge in [0.2, 0.25) is 0 Å². The van der Waals surface area contributed by atoms with Gasteiger partial charge < -0.3 is 35.5 Å². The topological polar surface area (TPSA) is 148 Å². The van der Waals surface area contributed by atoms with Gasteiger partial charge in [-0.15, -0.1) is 0 Å². The summed E-state index contributed by atoms with van der Waals surface area (Å²) in [5, 5.41) is 42.4. The van der Waals surface area contributed by atoms with Gasteiger partial charge >= 0.3 is 0 Å². The van der Waals surface area contributed by atoms with Gasteiger partial charge in [-0.3, -0.25) is 4.79 Å². The number of benzene rings is 2. The Hall–Kier alpha value is -2.82. The minimum Gasteiger partial charge on any atom is -0.394 e. The number of nitrogens with one attached hydrogen (secondary N) is 2. The lowest BCUT2D eigenvalue weighted by Gasteiger charge is -2.40. The first-order chi connectivity index (χ1) is 14.4. The van der Waals surface area contributed by atoms with Gasteiger partial charge in [-0.1, -0.05) is 18.2 Å². The summed E-state index contributed by atoms with van der Waals surface area (Å²) < 4.78 is 5.64. The van der Waals surface area contributed by atoms with Crippen molar-refractivity contribution in [1.29, 1.82) is 0 Å². The summed E-state index contributed by atoms with van der Waals surface area (Å²) in [5.41, 5.74) is 3.17. The monoisotopic (exact) mass is 413 g/mol. The van der Waals surface area contributed by atoms with E-state index in [1.54, 1.807) is 43.4 Å². The van der Waals surface area contributed by atoms with Crippen LogP contribution in [0.4, 0.5) is 0 Å². The van der Waals surface area contributed by atoms with Crippen molar-refractivity contribution in [3.05, 3.63) is 53.6 Å². The van der Waals surface area contributed by atoms with Crippen molar-refractivity contribution in [3.8, 4) is 11.4 Å². The van der Waals surface area contributed by atoms with E-state index in [4.69, 9.17) is 4.74 Å². The molecule has 3 aromatic rings. The molecule has 9 heteroatoms. The molecule has 0 aliphatic carbocycles. The third kappa shape index (κ3) is 3.57. The molecule has 6 N–H and O–H groups in total. The van der Waals surface area contributed by atoms with Gasteiger partial charge in [0.05, 0.1) is 17.6 Å². The van der Waals surface area contributed by atoms with Crippen LogP contribution in [0.1, 0.15) is 22.0 Å². The van der Waals surface area contributed by atoms with Crippen LogP contribution in [0.5, 0.6) is 0 Å². The number of carbonyl (C=O) groups excluding carboxylic acids is 1. The van der Waals surface area contributed by atoms with Crippen LogP contribution in [0, 0.1) is 0 Å². The molecule has 9 nitrogen and oxygen atoms in total. The van der Waals surface area contributed by atoms with Crippen LogP contribution in [0.25, 0.3) is 22.4 Å². The molecule has 1 amide bonds. The summed E-state index contributed by atoms with van der Waals surface area (Å²) in [4.78, 5) is 19.6. The summed E-state index contributed by atoms with van der Waals surface area (Å²) in [6.45, 7) is -0.488. The highest BCUT2D eigenvalue weighted by Crippen LogP contribution is 2.34. The molecule has 1 aliphatic heterocycles. The van der Waals surface area contributed by atoms with E-state index in [0.29, 0.717) is 33.5 Å². The summed E-state index contributed by atoms with van der Waals surface area (Å²) in [6.07, 6.45) is -6.12. The largest absolute Gasteiger partial charge is 0.394 e. The highest BCUT2D eigenvalue weighted by Gasteiger charge is 2.43. The number of hydrogen-bond donors (Lipinski definition) is 6. The van der Waals surface area contributed by atoms with Crippen LogP contribution in [0.15, 0.2) is 42.5 Å². The maximum atomic E-state index is 11.8. The minimum atomic E-state index is -1.45. The number of rotatable bonds is 4. The molecule has 4 rings (SSSR count). The van der Waals surface area contributed by atoms with E-state index in [0.717, 1.165) is 0 Å². The quantitative estimate of drug-likeness (QED) is 0.355. The molecule has 1 aromatic heterocycles. The number of carbonyl (C=O) groups is 1. The predicted octanol–water partition coefficient (Wildman–Crippen LogP) is 0.104. The van der Waals surface area contributed by atoms with E-state index in [-0.39, 0.29) is 5.91 Å². The second-order valence-corrected chi connectivity index (χ2v) is 7.27. The molecular formula is C21H23N3O6. The van der Waals surface area contributed by atoms with Crippen molar-refractivity contribution < 1.29 is 30.0 Å². The number of ether oxygens (including phenoxy) is 1. The van der Waals surface area contributed by atoms with E-state index in [9.17, 15) is 25.2 Å². The summed E-state index contributed by atoms with van der Waals surface area (Å²) in [6, 6.07) is 12.2. The number of aromatic nitrogens is 2. The molecule has 30 heavy (non-hydrogen) atoms. The molecule has 5 atom stereocenters. The highest BCUT2D eigenvalue weighted by atomic mass is 16.5. The first-order valence-corrected chi connectivity index (χ1v) is 9.55. The van der Waals surface area contributed by atoms with E-state index in [2.05, 4.69) is 15.3 Å². The van der Waals surface area contributed by atoms with Crippen LogP contribution in [-0.4, -0.2) is 74.4 Å². The molecule has 0 unspecified atom stereocenters. The molecule has 0 bridgehead atoms. The Morgan fingerprint density at radius 2 is 1.93 bits per heavy atom. The summed E-state index contributed by atoms with van der Waals surface area (Å²) in [7, 11) is 1.56. The van der Waals surface area contributed by atoms with Gasteiger partial charge in [0.25, 0.3) is 5.91 Å². The van der Waals surface area contributed by atoms with E-state index in [1.165, 1.54) is 0 Å². The summed E-state index contributed by atoms with van der Waals surface area (Å²) in [5.74, 6) is 0.364. The molecule has 2 heterocycles. The fraction of sp³-hybridized carbons (Fsp3) is 0.333. The average molecular weight is 413 g/mol. The fourth-order valence-electron chi connectivity index (χ4n) is 3.67. The van der Waals surface area contributed by atoms with Crippen LogP contribution in [-0.2, 0) is 4.74 Å². The van der Waals surface area contributed by atoms with Gasteiger partial charge in [-0.05, 0) is 29.8 Å². The zero-order valence-electron chi connectivity index (χ0n) is 16.2. The van der Waals surface area contributed by atoms with Crippen molar-refractivity contribution in [2.24, 2.45) is 0 Å². The average Bonchev–Trinajstić information content (AvgIpc) is 3.21. The van der Waals surface area contributed by atoms with Crippen LogP contribution < -0.4 is 5.32 Å². The van der Waals surface area contributed by atoms with Gasteiger partial charge in [0.15, 0.2) is 0 Å². The van der Waals surface area contributed by atoms with Crippen molar-refractivity contribution in [2.75, 3.05) is 13.7 Å². The molecule has 158 valence electrons. The van der Waals surface area contributed by atoms with Crippen LogP contribution >= 0.6 is 0 Å². The number of aliphatic hydroxyl groups excluding tert-OH is 4. The normalized spacial score (nSPS) is 26.6. The Morgan fingerprint density at radius 3 is 2.67 bits per heavy atom. The molecule has 0 saturated carbocycles.